The third-order valence-electron chi connectivity index (χ3n) is 5.89. The summed E-state index contributed by atoms with van der Waals surface area (Å²) in [7, 11) is 0. The van der Waals surface area contributed by atoms with Gasteiger partial charge in [0.05, 0.1) is 11.9 Å². The Morgan fingerprint density at radius 2 is 1.31 bits per heavy atom. The Morgan fingerprint density at radius 1 is 0.688 bits per heavy atom. The van der Waals surface area contributed by atoms with E-state index in [0.29, 0.717) is 0 Å². The van der Waals surface area contributed by atoms with Crippen LogP contribution in [-0.4, -0.2) is 25.8 Å². The summed E-state index contributed by atoms with van der Waals surface area (Å²) >= 11 is 0. The molecule has 0 atom stereocenters. The van der Waals surface area contributed by atoms with Crippen LogP contribution in [0.3, 0.4) is 0 Å². The minimum absolute atomic E-state index is 0.807. The van der Waals surface area contributed by atoms with Crippen LogP contribution in [0.25, 0.3) is 10.8 Å². The standard InChI is InChI=1S/C29H31N3/c1-3-31(4-2)29-20-19-25(27-17-11-12-18-28(27)29)21-22-32(26-15-9-6-10-16-26)30-23-24-13-7-5-8-14-24/h5-20,23H,3-4,21-22H2,1-2H3. The van der Waals surface area contributed by atoms with E-state index >= 15 is 0 Å². The molecule has 0 spiro atoms. The monoisotopic (exact) mass is 421 g/mol. The van der Waals surface area contributed by atoms with Gasteiger partial charge < -0.3 is 4.90 Å². The molecular weight excluding hydrogens is 390 g/mol. The van der Waals surface area contributed by atoms with E-state index in [2.05, 4.69) is 96.6 Å². The number of nitrogens with zero attached hydrogens (tertiary/aromatic N) is 3. The van der Waals surface area contributed by atoms with Crippen molar-refractivity contribution in [1.29, 1.82) is 0 Å². The lowest BCUT2D eigenvalue weighted by Crippen LogP contribution is -2.22. The lowest BCUT2D eigenvalue weighted by molar-refractivity contribution is 0.831. The summed E-state index contributed by atoms with van der Waals surface area (Å²) in [4.78, 5) is 2.42. The summed E-state index contributed by atoms with van der Waals surface area (Å²) in [5.74, 6) is 0. The van der Waals surface area contributed by atoms with Crippen LogP contribution in [0.2, 0.25) is 0 Å². The van der Waals surface area contributed by atoms with E-state index in [1.54, 1.807) is 0 Å². The number of hydrogen-bond acceptors (Lipinski definition) is 3. The highest BCUT2D eigenvalue weighted by Gasteiger charge is 2.11. The molecule has 0 bridgehead atoms. The Hall–Kier alpha value is -3.59. The number of hydrogen-bond donors (Lipinski definition) is 0. The van der Waals surface area contributed by atoms with Crippen molar-refractivity contribution in [3.8, 4) is 0 Å². The molecule has 3 heteroatoms. The molecular formula is C29H31N3. The number of anilines is 2. The van der Waals surface area contributed by atoms with E-state index in [0.717, 1.165) is 37.3 Å². The minimum atomic E-state index is 0.807. The predicted octanol–water partition coefficient (Wildman–Crippen LogP) is 6.77. The largest absolute Gasteiger partial charge is 0.372 e. The molecule has 0 aliphatic carbocycles. The fraction of sp³-hybridized carbons (Fsp3) is 0.207. The highest BCUT2D eigenvalue weighted by atomic mass is 15.4. The van der Waals surface area contributed by atoms with Crippen LogP contribution in [0.4, 0.5) is 11.4 Å². The first-order chi connectivity index (χ1) is 15.8. The van der Waals surface area contributed by atoms with Crippen molar-refractivity contribution >= 4 is 28.4 Å². The van der Waals surface area contributed by atoms with Crippen LogP contribution < -0.4 is 9.91 Å². The Morgan fingerprint density at radius 3 is 2.00 bits per heavy atom. The molecule has 4 aromatic carbocycles. The summed E-state index contributed by atoms with van der Waals surface area (Å²) in [6.07, 6.45) is 2.86. The summed E-state index contributed by atoms with van der Waals surface area (Å²) in [6, 6.07) is 34.0. The first kappa shape index (κ1) is 21.6. The molecule has 0 saturated carbocycles. The van der Waals surface area contributed by atoms with E-state index in [4.69, 9.17) is 5.10 Å². The molecule has 0 saturated heterocycles. The van der Waals surface area contributed by atoms with Crippen LogP contribution in [0, 0.1) is 0 Å². The van der Waals surface area contributed by atoms with Gasteiger partial charge in [-0.3, -0.25) is 5.01 Å². The van der Waals surface area contributed by atoms with Gasteiger partial charge in [-0.1, -0.05) is 78.9 Å². The number of hydrazone groups is 1. The van der Waals surface area contributed by atoms with Crippen molar-refractivity contribution in [2.24, 2.45) is 5.10 Å². The van der Waals surface area contributed by atoms with E-state index < -0.39 is 0 Å². The highest BCUT2D eigenvalue weighted by Crippen LogP contribution is 2.30. The van der Waals surface area contributed by atoms with Gasteiger partial charge in [0, 0.05) is 30.7 Å². The quantitative estimate of drug-likeness (QED) is 0.219. The molecule has 0 unspecified atom stereocenters. The van der Waals surface area contributed by atoms with E-state index in [1.165, 1.54) is 22.0 Å². The molecule has 4 rings (SSSR count). The van der Waals surface area contributed by atoms with Crippen molar-refractivity contribution in [3.63, 3.8) is 0 Å². The average Bonchev–Trinajstić information content (AvgIpc) is 2.86. The van der Waals surface area contributed by atoms with E-state index in [9.17, 15) is 0 Å². The van der Waals surface area contributed by atoms with Gasteiger partial charge in [-0.05, 0) is 55.0 Å². The van der Waals surface area contributed by atoms with Gasteiger partial charge in [-0.15, -0.1) is 0 Å². The third-order valence-corrected chi connectivity index (χ3v) is 5.89. The molecule has 4 aromatic rings. The maximum Gasteiger partial charge on any atom is 0.0594 e. The van der Waals surface area contributed by atoms with E-state index in [-0.39, 0.29) is 0 Å². The van der Waals surface area contributed by atoms with Crippen LogP contribution in [0.5, 0.6) is 0 Å². The van der Waals surface area contributed by atoms with Crippen molar-refractivity contribution in [2.45, 2.75) is 20.3 Å². The number of para-hydroxylation sites is 1. The predicted molar refractivity (Wildman–Crippen MR) is 139 cm³/mol. The number of fused-ring (bicyclic) bond motifs is 1. The molecule has 0 aliphatic heterocycles. The lowest BCUT2D eigenvalue weighted by atomic mass is 10.00. The first-order valence-electron chi connectivity index (χ1n) is 11.5. The van der Waals surface area contributed by atoms with Crippen molar-refractivity contribution in [2.75, 3.05) is 29.5 Å². The maximum atomic E-state index is 4.83. The molecule has 0 radical (unpaired) electrons. The Bertz CT molecular complexity index is 1150. The minimum Gasteiger partial charge on any atom is -0.372 e. The zero-order valence-corrected chi connectivity index (χ0v) is 19.0. The second-order valence-electron chi connectivity index (χ2n) is 7.83. The van der Waals surface area contributed by atoms with Crippen LogP contribution in [0.1, 0.15) is 25.0 Å². The molecule has 3 nitrogen and oxygen atoms in total. The Labute approximate surface area is 191 Å². The van der Waals surface area contributed by atoms with Gasteiger partial charge in [-0.2, -0.15) is 5.10 Å². The lowest BCUT2D eigenvalue weighted by Gasteiger charge is -2.24. The summed E-state index contributed by atoms with van der Waals surface area (Å²) < 4.78 is 0. The molecule has 0 heterocycles. The average molecular weight is 422 g/mol. The molecule has 0 aromatic heterocycles. The molecule has 32 heavy (non-hydrogen) atoms. The molecule has 0 aliphatic rings. The summed E-state index contributed by atoms with van der Waals surface area (Å²) in [5, 5.41) is 9.59. The smallest absolute Gasteiger partial charge is 0.0594 e. The van der Waals surface area contributed by atoms with Crippen LogP contribution in [0.15, 0.2) is 102 Å². The molecule has 0 amide bonds. The Balaban J connectivity index is 1.62. The summed E-state index contributed by atoms with van der Waals surface area (Å²) in [6.45, 7) is 7.26. The van der Waals surface area contributed by atoms with Crippen LogP contribution >= 0.6 is 0 Å². The number of benzene rings is 4. The summed E-state index contributed by atoms with van der Waals surface area (Å²) in [5.41, 5.74) is 4.87. The zero-order chi connectivity index (χ0) is 22.2. The van der Waals surface area contributed by atoms with Gasteiger partial charge in [-0.25, -0.2) is 0 Å². The van der Waals surface area contributed by atoms with Gasteiger partial charge in [0.15, 0.2) is 0 Å². The normalized spacial score (nSPS) is 11.2. The second-order valence-corrected chi connectivity index (χ2v) is 7.83. The third kappa shape index (κ3) is 5.00. The zero-order valence-electron chi connectivity index (χ0n) is 19.0. The van der Waals surface area contributed by atoms with Crippen molar-refractivity contribution in [3.05, 3.63) is 108 Å². The molecule has 162 valence electrons. The van der Waals surface area contributed by atoms with Crippen LogP contribution in [-0.2, 0) is 6.42 Å². The first-order valence-corrected chi connectivity index (χ1v) is 11.5. The second kappa shape index (κ2) is 10.6. The maximum absolute atomic E-state index is 4.83. The fourth-order valence-corrected chi connectivity index (χ4v) is 4.16. The van der Waals surface area contributed by atoms with Crippen molar-refractivity contribution in [1.82, 2.24) is 0 Å². The van der Waals surface area contributed by atoms with E-state index in [1.807, 2.05) is 30.5 Å². The van der Waals surface area contributed by atoms with Gasteiger partial charge in [0.1, 0.15) is 0 Å². The van der Waals surface area contributed by atoms with Gasteiger partial charge in [0.2, 0.25) is 0 Å². The van der Waals surface area contributed by atoms with Crippen molar-refractivity contribution < 1.29 is 0 Å². The fourth-order valence-electron chi connectivity index (χ4n) is 4.16. The number of rotatable bonds is 9. The molecule has 0 fully saturated rings. The van der Waals surface area contributed by atoms with Gasteiger partial charge in [0.25, 0.3) is 0 Å². The highest BCUT2D eigenvalue weighted by molar-refractivity contribution is 5.96. The Kier molecular flexibility index (Phi) is 7.19. The molecule has 0 N–H and O–H groups in total. The topological polar surface area (TPSA) is 18.8 Å². The van der Waals surface area contributed by atoms with Gasteiger partial charge >= 0.3 is 0 Å². The SMILES string of the molecule is CCN(CC)c1ccc(CCN(N=Cc2ccccc2)c2ccccc2)c2ccccc12.